The Bertz CT molecular complexity index is 894. The van der Waals surface area contributed by atoms with Gasteiger partial charge in [0.05, 0.1) is 6.54 Å². The van der Waals surface area contributed by atoms with Crippen molar-refractivity contribution < 1.29 is 18.0 Å². The van der Waals surface area contributed by atoms with Crippen LogP contribution in [0.2, 0.25) is 5.02 Å². The Labute approximate surface area is 167 Å². The van der Waals surface area contributed by atoms with E-state index in [0.29, 0.717) is 11.1 Å². The summed E-state index contributed by atoms with van der Waals surface area (Å²) in [6.45, 7) is 1.84. The van der Waals surface area contributed by atoms with Crippen molar-refractivity contribution in [1.82, 2.24) is 4.90 Å². The lowest BCUT2D eigenvalue weighted by Gasteiger charge is -2.27. The van der Waals surface area contributed by atoms with Gasteiger partial charge in [0.25, 0.3) is 0 Å². The molecule has 6 heteroatoms. The van der Waals surface area contributed by atoms with Crippen LogP contribution in [0.5, 0.6) is 0 Å². The SMILES string of the molecule is C[C@H]1[C@@H](F)CN(C(=O)C2CC2)[C@H]1Cc1cccc(-c2cc(F)cc(Cl)c2)c1F. The van der Waals surface area contributed by atoms with Crippen molar-refractivity contribution in [3.05, 3.63) is 58.6 Å². The summed E-state index contributed by atoms with van der Waals surface area (Å²) in [6, 6.07) is 8.40. The average Bonchev–Trinajstić information content (AvgIpc) is 3.45. The molecule has 0 bridgehead atoms. The molecule has 1 saturated carbocycles. The first kappa shape index (κ1) is 19.3. The number of nitrogens with zero attached hydrogens (tertiary/aromatic N) is 1. The summed E-state index contributed by atoms with van der Waals surface area (Å²) < 4.78 is 43.3. The van der Waals surface area contributed by atoms with Crippen LogP contribution < -0.4 is 0 Å². The van der Waals surface area contributed by atoms with Gasteiger partial charge >= 0.3 is 0 Å². The minimum absolute atomic E-state index is 0.00869. The maximum Gasteiger partial charge on any atom is 0.226 e. The normalized spacial score (nSPS) is 24.6. The summed E-state index contributed by atoms with van der Waals surface area (Å²) in [7, 11) is 0. The van der Waals surface area contributed by atoms with Gasteiger partial charge in [-0.1, -0.05) is 36.7 Å². The van der Waals surface area contributed by atoms with Gasteiger partial charge in [0.15, 0.2) is 0 Å². The Morgan fingerprint density at radius 1 is 1.21 bits per heavy atom. The summed E-state index contributed by atoms with van der Waals surface area (Å²) in [5, 5.41) is 0.186. The van der Waals surface area contributed by atoms with Crippen molar-refractivity contribution in [3.63, 3.8) is 0 Å². The third kappa shape index (κ3) is 3.64. The first-order valence-corrected chi connectivity index (χ1v) is 9.91. The van der Waals surface area contributed by atoms with Gasteiger partial charge in [0, 0.05) is 28.5 Å². The minimum Gasteiger partial charge on any atom is -0.336 e. The van der Waals surface area contributed by atoms with Crippen LogP contribution in [0.15, 0.2) is 36.4 Å². The Kier molecular flexibility index (Phi) is 5.13. The van der Waals surface area contributed by atoms with Crippen molar-refractivity contribution in [3.8, 4) is 11.1 Å². The smallest absolute Gasteiger partial charge is 0.226 e. The fraction of sp³-hybridized carbons (Fsp3) is 0.409. The number of carbonyl (C=O) groups excluding carboxylic acids is 1. The molecule has 148 valence electrons. The van der Waals surface area contributed by atoms with Gasteiger partial charge in [0.2, 0.25) is 5.91 Å². The second-order valence-corrected chi connectivity index (χ2v) is 8.28. The van der Waals surface area contributed by atoms with Gasteiger partial charge < -0.3 is 4.90 Å². The maximum atomic E-state index is 15.2. The zero-order valence-corrected chi connectivity index (χ0v) is 16.2. The molecule has 0 unspecified atom stereocenters. The van der Waals surface area contributed by atoms with E-state index < -0.39 is 17.8 Å². The highest BCUT2D eigenvalue weighted by Crippen LogP contribution is 2.38. The molecule has 1 aliphatic heterocycles. The number of amides is 1. The predicted molar refractivity (Wildman–Crippen MR) is 103 cm³/mol. The third-order valence-corrected chi connectivity index (χ3v) is 6.06. The van der Waals surface area contributed by atoms with E-state index in [-0.39, 0.29) is 47.3 Å². The highest BCUT2D eigenvalue weighted by Gasteiger charge is 2.45. The van der Waals surface area contributed by atoms with Crippen LogP contribution in [0.4, 0.5) is 13.2 Å². The molecular weight excluding hydrogens is 387 g/mol. The molecule has 4 rings (SSSR count). The first-order valence-electron chi connectivity index (χ1n) is 9.53. The van der Waals surface area contributed by atoms with Gasteiger partial charge in [-0.3, -0.25) is 4.79 Å². The lowest BCUT2D eigenvalue weighted by Crippen LogP contribution is -2.40. The number of benzene rings is 2. The fourth-order valence-corrected chi connectivity index (χ4v) is 4.25. The number of hydrogen-bond donors (Lipinski definition) is 0. The Hall–Kier alpha value is -2.01. The molecule has 2 nitrogen and oxygen atoms in total. The van der Waals surface area contributed by atoms with Gasteiger partial charge in [-0.2, -0.15) is 0 Å². The number of carbonyl (C=O) groups is 1. The molecule has 1 saturated heterocycles. The molecular formula is C22H21ClF3NO. The van der Waals surface area contributed by atoms with E-state index >= 15 is 4.39 Å². The number of hydrogen-bond acceptors (Lipinski definition) is 1. The van der Waals surface area contributed by atoms with Crippen LogP contribution in [0.3, 0.4) is 0 Å². The van der Waals surface area contributed by atoms with Crippen molar-refractivity contribution in [2.45, 2.75) is 38.4 Å². The summed E-state index contributed by atoms with van der Waals surface area (Å²) in [5.74, 6) is -1.43. The van der Waals surface area contributed by atoms with E-state index in [9.17, 15) is 13.6 Å². The molecule has 1 heterocycles. The van der Waals surface area contributed by atoms with Gasteiger partial charge in [-0.15, -0.1) is 0 Å². The van der Waals surface area contributed by atoms with E-state index in [1.165, 1.54) is 12.1 Å². The van der Waals surface area contributed by atoms with Gasteiger partial charge in [0.1, 0.15) is 17.8 Å². The monoisotopic (exact) mass is 407 g/mol. The topological polar surface area (TPSA) is 20.3 Å². The second kappa shape index (κ2) is 7.43. The number of halogens is 4. The third-order valence-electron chi connectivity index (χ3n) is 5.84. The molecule has 0 radical (unpaired) electrons. The highest BCUT2D eigenvalue weighted by atomic mass is 35.5. The molecule has 28 heavy (non-hydrogen) atoms. The number of rotatable bonds is 4. The summed E-state index contributed by atoms with van der Waals surface area (Å²) >= 11 is 5.91. The largest absolute Gasteiger partial charge is 0.336 e. The van der Waals surface area contributed by atoms with Crippen molar-refractivity contribution in [2.24, 2.45) is 11.8 Å². The average molecular weight is 408 g/mol. The molecule has 0 aromatic heterocycles. The maximum absolute atomic E-state index is 15.2. The van der Waals surface area contributed by atoms with E-state index in [0.717, 1.165) is 18.9 Å². The molecule has 2 aromatic carbocycles. The second-order valence-electron chi connectivity index (χ2n) is 7.85. The highest BCUT2D eigenvalue weighted by molar-refractivity contribution is 6.30. The van der Waals surface area contributed by atoms with E-state index in [1.807, 2.05) is 0 Å². The lowest BCUT2D eigenvalue weighted by atomic mass is 9.92. The van der Waals surface area contributed by atoms with E-state index in [4.69, 9.17) is 11.6 Å². The molecule has 3 atom stereocenters. The molecule has 0 N–H and O–H groups in total. The van der Waals surface area contributed by atoms with E-state index in [1.54, 1.807) is 30.0 Å². The Balaban J connectivity index is 1.65. The number of alkyl halides is 1. The van der Waals surface area contributed by atoms with E-state index in [2.05, 4.69) is 0 Å². The molecule has 1 amide bonds. The molecule has 2 aromatic rings. The number of likely N-dealkylation sites (tertiary alicyclic amines) is 1. The van der Waals surface area contributed by atoms with Crippen molar-refractivity contribution in [2.75, 3.05) is 6.54 Å². The van der Waals surface area contributed by atoms with Crippen LogP contribution in [-0.2, 0) is 11.2 Å². The van der Waals surface area contributed by atoms with Crippen LogP contribution in [0.1, 0.15) is 25.3 Å². The molecule has 0 spiro atoms. The quantitative estimate of drug-likeness (QED) is 0.662. The minimum atomic E-state index is -1.11. The van der Waals surface area contributed by atoms with Crippen LogP contribution in [0, 0.1) is 23.5 Å². The Morgan fingerprint density at radius 2 is 1.96 bits per heavy atom. The fourth-order valence-electron chi connectivity index (χ4n) is 4.02. The zero-order valence-electron chi connectivity index (χ0n) is 15.5. The van der Waals surface area contributed by atoms with Crippen molar-refractivity contribution in [1.29, 1.82) is 0 Å². The molecule has 1 aliphatic carbocycles. The van der Waals surface area contributed by atoms with Crippen LogP contribution >= 0.6 is 11.6 Å². The lowest BCUT2D eigenvalue weighted by molar-refractivity contribution is -0.133. The molecule has 2 fully saturated rings. The predicted octanol–water partition coefficient (Wildman–Crippen LogP) is 5.42. The standard InChI is InChI=1S/C22H21ClF3NO/c1-12-19(25)11-27(22(28)13-5-6-13)20(12)9-14-3-2-4-18(21(14)26)15-7-16(23)10-17(24)8-15/h2-4,7-8,10,12-13,19-20H,5-6,9,11H2,1H3/t12-,19-,20-/m0/s1. The summed E-state index contributed by atoms with van der Waals surface area (Å²) in [4.78, 5) is 14.2. The van der Waals surface area contributed by atoms with Gasteiger partial charge in [-0.05, 0) is 48.6 Å². The zero-order chi connectivity index (χ0) is 20.0. The summed E-state index contributed by atoms with van der Waals surface area (Å²) in [5.41, 5.74) is 0.969. The summed E-state index contributed by atoms with van der Waals surface area (Å²) in [6.07, 6.45) is 0.804. The van der Waals surface area contributed by atoms with Crippen molar-refractivity contribution >= 4 is 17.5 Å². The van der Waals surface area contributed by atoms with Crippen LogP contribution in [0.25, 0.3) is 11.1 Å². The van der Waals surface area contributed by atoms with Gasteiger partial charge in [-0.25, -0.2) is 13.2 Å². The Morgan fingerprint density at radius 3 is 2.64 bits per heavy atom. The first-order chi connectivity index (χ1) is 13.3. The molecule has 2 aliphatic rings. The van der Waals surface area contributed by atoms with Crippen LogP contribution in [-0.4, -0.2) is 29.6 Å².